The first-order chi connectivity index (χ1) is 7.54. The third-order valence-electron chi connectivity index (χ3n) is 2.76. The smallest absolute Gasteiger partial charge is 0.229 e. The van der Waals surface area contributed by atoms with Crippen molar-refractivity contribution in [3.05, 3.63) is 12.2 Å². The van der Waals surface area contributed by atoms with Crippen molar-refractivity contribution in [2.45, 2.75) is 18.9 Å². The zero-order valence-corrected chi connectivity index (χ0v) is 9.77. The largest absolute Gasteiger partial charge is 0.359 e. The summed E-state index contributed by atoms with van der Waals surface area (Å²) in [5.41, 5.74) is 5.69. The average Bonchev–Trinajstić information content (AvgIpc) is 2.71. The first-order valence-corrected chi connectivity index (χ1v) is 5.44. The van der Waals surface area contributed by atoms with Crippen LogP contribution in [0.1, 0.15) is 12.8 Å². The van der Waals surface area contributed by atoms with E-state index in [1.54, 1.807) is 19.0 Å². The lowest BCUT2D eigenvalue weighted by atomic mass is 10.1. The van der Waals surface area contributed by atoms with Crippen molar-refractivity contribution in [3.63, 3.8) is 0 Å². The topological polar surface area (TPSA) is 75.4 Å². The molecule has 3 N–H and O–H groups in total. The summed E-state index contributed by atoms with van der Waals surface area (Å²) < 4.78 is 0. The summed E-state index contributed by atoms with van der Waals surface area (Å²) in [6, 6.07) is -0.0127. The zero-order valence-electron chi connectivity index (χ0n) is 9.77. The van der Waals surface area contributed by atoms with E-state index in [0.29, 0.717) is 19.4 Å². The predicted molar refractivity (Wildman–Crippen MR) is 61.5 cm³/mol. The first-order valence-electron chi connectivity index (χ1n) is 5.44. The van der Waals surface area contributed by atoms with Gasteiger partial charge in [-0.05, 0) is 6.42 Å². The Morgan fingerprint density at radius 1 is 1.50 bits per heavy atom. The summed E-state index contributed by atoms with van der Waals surface area (Å²) in [5.74, 6) is -0.142. The van der Waals surface area contributed by atoms with Crippen LogP contribution < -0.4 is 11.1 Å². The van der Waals surface area contributed by atoms with Gasteiger partial charge in [-0.2, -0.15) is 0 Å². The first kappa shape index (κ1) is 12.7. The van der Waals surface area contributed by atoms with E-state index in [1.165, 1.54) is 0 Å². The minimum absolute atomic E-state index is 0.0127. The van der Waals surface area contributed by atoms with Crippen LogP contribution in [-0.2, 0) is 9.59 Å². The molecule has 1 rings (SSSR count). The van der Waals surface area contributed by atoms with E-state index in [9.17, 15) is 9.59 Å². The highest BCUT2D eigenvalue weighted by atomic mass is 16.2. The van der Waals surface area contributed by atoms with E-state index in [0.717, 1.165) is 0 Å². The van der Waals surface area contributed by atoms with E-state index in [2.05, 4.69) is 5.32 Å². The molecule has 0 saturated carbocycles. The van der Waals surface area contributed by atoms with Crippen molar-refractivity contribution in [1.82, 2.24) is 10.2 Å². The zero-order chi connectivity index (χ0) is 12.1. The molecule has 0 spiro atoms. The van der Waals surface area contributed by atoms with E-state index < -0.39 is 0 Å². The number of nitrogens with zero attached hydrogens (tertiary/aromatic N) is 1. The number of hydrogen-bond acceptors (Lipinski definition) is 3. The van der Waals surface area contributed by atoms with Crippen LogP contribution >= 0.6 is 0 Å². The number of nitrogens with one attached hydrogen (secondary N) is 1. The van der Waals surface area contributed by atoms with Gasteiger partial charge in [0.25, 0.3) is 0 Å². The third kappa shape index (κ3) is 3.34. The van der Waals surface area contributed by atoms with Crippen LogP contribution in [-0.4, -0.2) is 43.4 Å². The van der Waals surface area contributed by atoms with Gasteiger partial charge in [-0.3, -0.25) is 9.59 Å². The molecule has 90 valence electrons. The van der Waals surface area contributed by atoms with Crippen LogP contribution in [0.4, 0.5) is 0 Å². The van der Waals surface area contributed by atoms with Crippen molar-refractivity contribution in [3.8, 4) is 0 Å². The molecule has 0 aromatic heterocycles. The maximum absolute atomic E-state index is 11.9. The third-order valence-corrected chi connectivity index (χ3v) is 2.76. The summed E-state index contributed by atoms with van der Waals surface area (Å²) in [6.45, 7) is 0.443. The molecular formula is C11H19N3O2. The molecular weight excluding hydrogens is 206 g/mol. The summed E-state index contributed by atoms with van der Waals surface area (Å²) in [4.78, 5) is 24.5. The Kier molecular flexibility index (Phi) is 4.49. The molecule has 0 fully saturated rings. The number of carbonyl (C=O) groups excluding carboxylic acids is 2. The second kappa shape index (κ2) is 5.65. The van der Waals surface area contributed by atoms with Crippen LogP contribution in [0.3, 0.4) is 0 Å². The molecule has 0 saturated heterocycles. The minimum atomic E-state index is -0.121. The molecule has 5 heteroatoms. The molecule has 5 nitrogen and oxygen atoms in total. The fourth-order valence-corrected chi connectivity index (χ4v) is 1.70. The van der Waals surface area contributed by atoms with Crippen LogP contribution in [0, 0.1) is 5.92 Å². The van der Waals surface area contributed by atoms with E-state index in [4.69, 9.17) is 5.73 Å². The molecule has 2 atom stereocenters. The SMILES string of the molecule is CNC(=O)CCN(C)C(=O)C1C=CC(N)C1. The van der Waals surface area contributed by atoms with Gasteiger partial charge in [0, 0.05) is 33.1 Å². The number of rotatable bonds is 4. The molecule has 0 aromatic carbocycles. The standard InChI is InChI=1S/C11H19N3O2/c1-13-10(15)5-6-14(2)11(16)8-3-4-9(12)7-8/h3-4,8-9H,5-7,12H2,1-2H3,(H,13,15). The van der Waals surface area contributed by atoms with Gasteiger partial charge in [0.05, 0.1) is 5.92 Å². The Morgan fingerprint density at radius 2 is 2.19 bits per heavy atom. The molecule has 0 aromatic rings. The highest BCUT2D eigenvalue weighted by Gasteiger charge is 2.25. The van der Waals surface area contributed by atoms with Gasteiger partial charge in [0.2, 0.25) is 11.8 Å². The van der Waals surface area contributed by atoms with E-state index >= 15 is 0 Å². The van der Waals surface area contributed by atoms with Crippen LogP contribution in [0.2, 0.25) is 0 Å². The highest BCUT2D eigenvalue weighted by Crippen LogP contribution is 2.18. The Hall–Kier alpha value is -1.36. The Bertz CT molecular complexity index is 302. The molecule has 1 aliphatic rings. The van der Waals surface area contributed by atoms with Gasteiger partial charge in [-0.15, -0.1) is 0 Å². The Labute approximate surface area is 95.7 Å². The molecule has 16 heavy (non-hydrogen) atoms. The number of nitrogens with two attached hydrogens (primary N) is 1. The van der Waals surface area contributed by atoms with Crippen LogP contribution in [0.5, 0.6) is 0 Å². The molecule has 2 unspecified atom stereocenters. The Balaban J connectivity index is 2.36. The van der Waals surface area contributed by atoms with Gasteiger partial charge in [0.1, 0.15) is 0 Å². The van der Waals surface area contributed by atoms with Crippen molar-refractivity contribution >= 4 is 11.8 Å². The van der Waals surface area contributed by atoms with Gasteiger partial charge in [-0.1, -0.05) is 12.2 Å². The number of hydrogen-bond donors (Lipinski definition) is 2. The van der Waals surface area contributed by atoms with E-state index in [-0.39, 0.29) is 23.8 Å². The van der Waals surface area contributed by atoms with Gasteiger partial charge in [0.15, 0.2) is 0 Å². The van der Waals surface area contributed by atoms with E-state index in [1.807, 2.05) is 12.2 Å². The summed E-state index contributed by atoms with van der Waals surface area (Å²) in [6.07, 6.45) is 4.71. The molecule has 0 aliphatic heterocycles. The van der Waals surface area contributed by atoms with Crippen molar-refractivity contribution in [1.29, 1.82) is 0 Å². The molecule has 1 aliphatic carbocycles. The van der Waals surface area contributed by atoms with Crippen molar-refractivity contribution in [2.75, 3.05) is 20.6 Å². The summed E-state index contributed by atoms with van der Waals surface area (Å²) in [5, 5.41) is 2.52. The fraction of sp³-hybridized carbons (Fsp3) is 0.636. The molecule has 0 radical (unpaired) electrons. The fourth-order valence-electron chi connectivity index (χ4n) is 1.70. The highest BCUT2D eigenvalue weighted by molar-refractivity contribution is 5.82. The lowest BCUT2D eigenvalue weighted by Gasteiger charge is -2.20. The Morgan fingerprint density at radius 3 is 2.69 bits per heavy atom. The van der Waals surface area contributed by atoms with Crippen molar-refractivity contribution in [2.24, 2.45) is 11.7 Å². The number of amides is 2. The van der Waals surface area contributed by atoms with Crippen molar-refractivity contribution < 1.29 is 9.59 Å². The van der Waals surface area contributed by atoms with Gasteiger partial charge < -0.3 is 16.0 Å². The lowest BCUT2D eigenvalue weighted by molar-refractivity contribution is -0.133. The monoisotopic (exact) mass is 225 g/mol. The maximum atomic E-state index is 11.9. The molecule has 0 bridgehead atoms. The van der Waals surface area contributed by atoms with Gasteiger partial charge in [-0.25, -0.2) is 0 Å². The second-order valence-electron chi connectivity index (χ2n) is 4.07. The van der Waals surface area contributed by atoms with Crippen LogP contribution in [0.25, 0.3) is 0 Å². The minimum Gasteiger partial charge on any atom is -0.359 e. The van der Waals surface area contributed by atoms with Gasteiger partial charge >= 0.3 is 0 Å². The normalized spacial score (nSPS) is 23.2. The predicted octanol–water partition coefficient (Wildman–Crippen LogP) is -0.516. The number of carbonyl (C=O) groups is 2. The van der Waals surface area contributed by atoms with Crippen LogP contribution in [0.15, 0.2) is 12.2 Å². The summed E-state index contributed by atoms with van der Waals surface area (Å²) in [7, 11) is 3.30. The maximum Gasteiger partial charge on any atom is 0.229 e. The lowest BCUT2D eigenvalue weighted by Crippen LogP contribution is -2.35. The average molecular weight is 225 g/mol. The summed E-state index contributed by atoms with van der Waals surface area (Å²) >= 11 is 0. The molecule has 2 amide bonds. The molecule has 0 heterocycles. The second-order valence-corrected chi connectivity index (χ2v) is 4.07. The quantitative estimate of drug-likeness (QED) is 0.632.